The van der Waals surface area contributed by atoms with Gasteiger partial charge in [0.25, 0.3) is 0 Å². The zero-order valence-corrected chi connectivity index (χ0v) is 13.1. The van der Waals surface area contributed by atoms with Crippen LogP contribution in [0.3, 0.4) is 0 Å². The fourth-order valence-corrected chi connectivity index (χ4v) is 2.58. The lowest BCUT2D eigenvalue weighted by Gasteiger charge is -2.15. The molecule has 1 aromatic heterocycles. The highest BCUT2D eigenvalue weighted by Gasteiger charge is 2.48. The Morgan fingerprint density at radius 1 is 1.39 bits per heavy atom. The van der Waals surface area contributed by atoms with Gasteiger partial charge < -0.3 is 15.2 Å². The standard InChI is InChI=1S/C17H18N4O2/c1-11-7-13(9-18)3-4-14(11)19-10-16(22)20-17(5-6-17)15-8-12(2)23-21-15/h3-4,7-8,19H,5-6,10H2,1-2H3,(H,20,22). The highest BCUT2D eigenvalue weighted by Crippen LogP contribution is 2.44. The molecule has 2 aromatic rings. The van der Waals surface area contributed by atoms with E-state index in [4.69, 9.17) is 9.78 Å². The number of carbonyl (C=O) groups excluding carboxylic acids is 1. The number of hydrogen-bond donors (Lipinski definition) is 2. The van der Waals surface area contributed by atoms with E-state index in [1.807, 2.05) is 26.0 Å². The van der Waals surface area contributed by atoms with Crippen LogP contribution in [0.25, 0.3) is 0 Å². The van der Waals surface area contributed by atoms with E-state index < -0.39 is 0 Å². The molecule has 0 atom stereocenters. The van der Waals surface area contributed by atoms with E-state index >= 15 is 0 Å². The summed E-state index contributed by atoms with van der Waals surface area (Å²) in [5, 5.41) is 19.0. The normalized spacial score (nSPS) is 14.8. The van der Waals surface area contributed by atoms with Crippen LogP contribution in [-0.4, -0.2) is 17.6 Å². The van der Waals surface area contributed by atoms with E-state index in [1.165, 1.54) is 0 Å². The number of nitrogens with one attached hydrogen (secondary N) is 2. The van der Waals surface area contributed by atoms with E-state index in [-0.39, 0.29) is 18.0 Å². The second kappa shape index (κ2) is 5.76. The highest BCUT2D eigenvalue weighted by molar-refractivity contribution is 5.82. The van der Waals surface area contributed by atoms with Gasteiger partial charge in [0.2, 0.25) is 5.91 Å². The largest absolute Gasteiger partial charge is 0.376 e. The molecule has 1 amide bonds. The molecule has 1 aliphatic carbocycles. The lowest BCUT2D eigenvalue weighted by molar-refractivity contribution is -0.120. The Labute approximate surface area is 134 Å². The first-order chi connectivity index (χ1) is 11.0. The molecule has 0 saturated heterocycles. The van der Waals surface area contributed by atoms with Crippen LogP contribution in [0.15, 0.2) is 28.8 Å². The average Bonchev–Trinajstić information content (AvgIpc) is 3.17. The number of aromatic nitrogens is 1. The molecule has 1 aromatic carbocycles. The molecule has 6 nitrogen and oxygen atoms in total. The summed E-state index contributed by atoms with van der Waals surface area (Å²) in [6.07, 6.45) is 1.75. The van der Waals surface area contributed by atoms with Crippen molar-refractivity contribution < 1.29 is 9.32 Å². The van der Waals surface area contributed by atoms with Crippen molar-refractivity contribution >= 4 is 11.6 Å². The monoisotopic (exact) mass is 310 g/mol. The first kappa shape index (κ1) is 15.1. The number of rotatable bonds is 5. The van der Waals surface area contributed by atoms with Crippen LogP contribution in [-0.2, 0) is 10.3 Å². The first-order valence-corrected chi connectivity index (χ1v) is 7.52. The molecule has 3 rings (SSSR count). The summed E-state index contributed by atoms with van der Waals surface area (Å²) in [7, 11) is 0. The molecule has 2 N–H and O–H groups in total. The Hall–Kier alpha value is -2.81. The van der Waals surface area contributed by atoms with Crippen molar-refractivity contribution in [2.24, 2.45) is 0 Å². The molecule has 0 aliphatic heterocycles. The summed E-state index contributed by atoms with van der Waals surface area (Å²) >= 11 is 0. The van der Waals surface area contributed by atoms with Crippen molar-refractivity contribution in [3.8, 4) is 6.07 Å². The van der Waals surface area contributed by atoms with Crippen LogP contribution in [0.5, 0.6) is 0 Å². The van der Waals surface area contributed by atoms with Crippen molar-refractivity contribution in [1.82, 2.24) is 10.5 Å². The fourth-order valence-electron chi connectivity index (χ4n) is 2.58. The Kier molecular flexibility index (Phi) is 3.78. The highest BCUT2D eigenvalue weighted by atomic mass is 16.5. The Balaban J connectivity index is 1.59. The number of benzene rings is 1. The zero-order valence-electron chi connectivity index (χ0n) is 13.1. The molecule has 23 heavy (non-hydrogen) atoms. The maximum absolute atomic E-state index is 12.2. The molecular weight excluding hydrogens is 292 g/mol. The molecule has 0 unspecified atom stereocenters. The second-order valence-corrected chi connectivity index (χ2v) is 5.95. The maximum Gasteiger partial charge on any atom is 0.240 e. The van der Waals surface area contributed by atoms with Crippen LogP contribution in [0.2, 0.25) is 0 Å². The summed E-state index contributed by atoms with van der Waals surface area (Å²) in [4.78, 5) is 12.2. The Morgan fingerprint density at radius 3 is 2.74 bits per heavy atom. The Bertz CT molecular complexity index is 784. The summed E-state index contributed by atoms with van der Waals surface area (Å²) in [6, 6.07) is 9.30. The predicted octanol–water partition coefficient (Wildman–Crippen LogP) is 2.38. The number of nitrogens with zero attached hydrogens (tertiary/aromatic N) is 2. The topological polar surface area (TPSA) is 91.0 Å². The van der Waals surface area contributed by atoms with Gasteiger partial charge >= 0.3 is 0 Å². The SMILES string of the molecule is Cc1cc(C2(NC(=O)CNc3ccc(C#N)cc3C)CC2)no1. The van der Waals surface area contributed by atoms with Crippen molar-refractivity contribution in [3.63, 3.8) is 0 Å². The number of hydrogen-bond acceptors (Lipinski definition) is 5. The number of nitriles is 1. The number of anilines is 1. The van der Waals surface area contributed by atoms with Gasteiger partial charge in [-0.05, 0) is 50.5 Å². The smallest absolute Gasteiger partial charge is 0.240 e. The minimum Gasteiger partial charge on any atom is -0.376 e. The van der Waals surface area contributed by atoms with Gasteiger partial charge in [-0.1, -0.05) is 5.16 Å². The number of aryl methyl sites for hydroxylation is 2. The van der Waals surface area contributed by atoms with Gasteiger partial charge in [-0.25, -0.2) is 0 Å². The molecule has 0 radical (unpaired) electrons. The van der Waals surface area contributed by atoms with Gasteiger partial charge in [0.1, 0.15) is 11.5 Å². The van der Waals surface area contributed by atoms with Crippen molar-refractivity contribution in [2.75, 3.05) is 11.9 Å². The Morgan fingerprint density at radius 2 is 2.17 bits per heavy atom. The van der Waals surface area contributed by atoms with Crippen molar-refractivity contribution in [1.29, 1.82) is 5.26 Å². The predicted molar refractivity (Wildman–Crippen MR) is 84.7 cm³/mol. The van der Waals surface area contributed by atoms with Crippen LogP contribution < -0.4 is 10.6 Å². The van der Waals surface area contributed by atoms with Gasteiger partial charge in [-0.2, -0.15) is 5.26 Å². The van der Waals surface area contributed by atoms with Crippen LogP contribution >= 0.6 is 0 Å². The third-order valence-electron chi connectivity index (χ3n) is 4.04. The van der Waals surface area contributed by atoms with Gasteiger partial charge in [0, 0.05) is 11.8 Å². The quantitative estimate of drug-likeness (QED) is 0.884. The lowest BCUT2D eigenvalue weighted by Crippen LogP contribution is -2.38. The van der Waals surface area contributed by atoms with Crippen LogP contribution in [0, 0.1) is 25.2 Å². The molecule has 6 heteroatoms. The zero-order chi connectivity index (χ0) is 16.4. The lowest BCUT2D eigenvalue weighted by atomic mass is 10.1. The van der Waals surface area contributed by atoms with Gasteiger partial charge in [0.15, 0.2) is 0 Å². The summed E-state index contributed by atoms with van der Waals surface area (Å²) in [6.45, 7) is 3.91. The van der Waals surface area contributed by atoms with E-state index in [9.17, 15) is 4.79 Å². The third kappa shape index (κ3) is 3.19. The fraction of sp³-hybridized carbons (Fsp3) is 0.353. The van der Waals surface area contributed by atoms with Gasteiger partial charge in [0.05, 0.1) is 23.7 Å². The molecule has 0 bridgehead atoms. The number of carbonyl (C=O) groups is 1. The second-order valence-electron chi connectivity index (χ2n) is 5.95. The van der Waals surface area contributed by atoms with Crippen LogP contribution in [0.1, 0.15) is 35.4 Å². The minimum absolute atomic E-state index is 0.0908. The molecule has 1 saturated carbocycles. The molecule has 1 aliphatic rings. The van der Waals surface area contributed by atoms with E-state index in [2.05, 4.69) is 21.9 Å². The molecule has 0 spiro atoms. The van der Waals surface area contributed by atoms with E-state index in [0.717, 1.165) is 35.5 Å². The van der Waals surface area contributed by atoms with Crippen molar-refractivity contribution in [3.05, 3.63) is 46.8 Å². The molecule has 1 heterocycles. The van der Waals surface area contributed by atoms with E-state index in [1.54, 1.807) is 12.1 Å². The minimum atomic E-state index is -0.365. The molecule has 118 valence electrons. The first-order valence-electron chi connectivity index (χ1n) is 7.52. The van der Waals surface area contributed by atoms with Crippen LogP contribution in [0.4, 0.5) is 5.69 Å². The van der Waals surface area contributed by atoms with Gasteiger partial charge in [-0.3, -0.25) is 4.79 Å². The summed E-state index contributed by atoms with van der Waals surface area (Å²) in [5.74, 6) is 0.652. The maximum atomic E-state index is 12.2. The summed E-state index contributed by atoms with van der Waals surface area (Å²) < 4.78 is 5.10. The van der Waals surface area contributed by atoms with Crippen molar-refractivity contribution in [2.45, 2.75) is 32.2 Å². The average molecular weight is 310 g/mol. The molecule has 1 fully saturated rings. The summed E-state index contributed by atoms with van der Waals surface area (Å²) in [5.41, 5.74) is 2.82. The van der Waals surface area contributed by atoms with E-state index in [0.29, 0.717) is 5.56 Å². The van der Waals surface area contributed by atoms with Gasteiger partial charge in [-0.15, -0.1) is 0 Å². The number of amides is 1. The molecular formula is C17H18N4O2. The third-order valence-corrected chi connectivity index (χ3v) is 4.04.